The van der Waals surface area contributed by atoms with Crippen LogP contribution >= 0.6 is 11.6 Å². The number of rotatable bonds is 2. The molecule has 2 aromatic carbocycles. The van der Waals surface area contributed by atoms with Gasteiger partial charge in [0.15, 0.2) is 0 Å². The highest BCUT2D eigenvalue weighted by Crippen LogP contribution is 2.24. The molecule has 0 aromatic heterocycles. The highest BCUT2D eigenvalue weighted by molar-refractivity contribution is 6.33. The molecule has 0 saturated carbocycles. The Morgan fingerprint density at radius 1 is 1.04 bits per heavy atom. The molecular formula is C19H20ClFN2O. The number of piperazine rings is 1. The van der Waals surface area contributed by atoms with Crippen LogP contribution in [0.4, 0.5) is 10.1 Å². The topological polar surface area (TPSA) is 23.6 Å². The third kappa shape index (κ3) is 3.39. The summed E-state index contributed by atoms with van der Waals surface area (Å²) in [6.45, 7) is 6.98. The summed E-state index contributed by atoms with van der Waals surface area (Å²) in [6.07, 6.45) is 0. The Hall–Kier alpha value is -2.07. The van der Waals surface area contributed by atoms with Crippen molar-refractivity contribution in [3.8, 4) is 0 Å². The number of aryl methyl sites for hydroxylation is 2. The Morgan fingerprint density at radius 2 is 1.75 bits per heavy atom. The third-order valence-corrected chi connectivity index (χ3v) is 4.75. The molecule has 3 rings (SSSR count). The van der Waals surface area contributed by atoms with Crippen molar-refractivity contribution in [1.82, 2.24) is 4.90 Å². The first kappa shape index (κ1) is 16.8. The molecule has 1 heterocycles. The van der Waals surface area contributed by atoms with Crippen LogP contribution in [-0.2, 0) is 0 Å². The van der Waals surface area contributed by atoms with Crippen molar-refractivity contribution >= 4 is 23.2 Å². The van der Waals surface area contributed by atoms with Crippen molar-refractivity contribution in [1.29, 1.82) is 0 Å². The first-order valence-corrected chi connectivity index (χ1v) is 8.40. The van der Waals surface area contributed by atoms with E-state index in [1.165, 1.54) is 35.0 Å². The van der Waals surface area contributed by atoms with E-state index in [-0.39, 0.29) is 10.9 Å². The fourth-order valence-corrected chi connectivity index (χ4v) is 3.29. The summed E-state index contributed by atoms with van der Waals surface area (Å²) >= 11 is 6.01. The Bertz CT molecular complexity index is 770. The Morgan fingerprint density at radius 3 is 2.42 bits per heavy atom. The monoisotopic (exact) mass is 346 g/mol. The van der Waals surface area contributed by atoms with E-state index in [9.17, 15) is 9.18 Å². The van der Waals surface area contributed by atoms with E-state index in [2.05, 4.69) is 36.9 Å². The smallest absolute Gasteiger partial charge is 0.255 e. The maximum absolute atomic E-state index is 13.1. The summed E-state index contributed by atoms with van der Waals surface area (Å²) in [5, 5.41) is 0.164. The molecule has 1 saturated heterocycles. The first-order valence-electron chi connectivity index (χ1n) is 8.02. The highest BCUT2D eigenvalue weighted by Gasteiger charge is 2.24. The minimum absolute atomic E-state index is 0.138. The van der Waals surface area contributed by atoms with Crippen molar-refractivity contribution in [2.24, 2.45) is 0 Å². The van der Waals surface area contributed by atoms with Crippen molar-refractivity contribution in [3.05, 3.63) is 63.9 Å². The van der Waals surface area contributed by atoms with Gasteiger partial charge in [-0.15, -0.1) is 0 Å². The Labute approximate surface area is 146 Å². The Kier molecular flexibility index (Phi) is 4.76. The average Bonchev–Trinajstić information content (AvgIpc) is 2.57. The maximum atomic E-state index is 13.1. The number of nitrogens with zero attached hydrogens (tertiary/aromatic N) is 2. The predicted octanol–water partition coefficient (Wildman–Crippen LogP) is 4.06. The summed E-state index contributed by atoms with van der Waals surface area (Å²) in [5.41, 5.74) is 4.05. The number of carbonyl (C=O) groups is 1. The molecule has 0 spiro atoms. The quantitative estimate of drug-likeness (QED) is 0.818. The lowest BCUT2D eigenvalue weighted by Crippen LogP contribution is -2.49. The van der Waals surface area contributed by atoms with E-state index in [0.717, 1.165) is 13.1 Å². The van der Waals surface area contributed by atoms with E-state index in [0.29, 0.717) is 18.7 Å². The van der Waals surface area contributed by atoms with Crippen LogP contribution in [0.2, 0.25) is 5.02 Å². The van der Waals surface area contributed by atoms with Crippen LogP contribution in [-0.4, -0.2) is 37.0 Å². The van der Waals surface area contributed by atoms with Crippen molar-refractivity contribution < 1.29 is 9.18 Å². The molecule has 2 aromatic rings. The molecule has 1 fully saturated rings. The van der Waals surface area contributed by atoms with Gasteiger partial charge in [0, 0.05) is 31.9 Å². The van der Waals surface area contributed by atoms with E-state index < -0.39 is 5.82 Å². The predicted molar refractivity (Wildman–Crippen MR) is 95.4 cm³/mol. The SMILES string of the molecule is Cc1ccc(C)c(N2CCN(C(=O)c3ccc(F)cc3Cl)CC2)c1. The molecule has 1 aliphatic rings. The number of hydrogen-bond donors (Lipinski definition) is 0. The molecule has 24 heavy (non-hydrogen) atoms. The summed E-state index contributed by atoms with van der Waals surface area (Å²) < 4.78 is 13.1. The minimum Gasteiger partial charge on any atom is -0.368 e. The lowest BCUT2D eigenvalue weighted by atomic mass is 10.1. The fourth-order valence-electron chi connectivity index (χ4n) is 3.04. The van der Waals surface area contributed by atoms with E-state index >= 15 is 0 Å². The number of halogens is 2. The van der Waals surface area contributed by atoms with Gasteiger partial charge in [-0.3, -0.25) is 4.79 Å². The van der Waals surface area contributed by atoms with Gasteiger partial charge >= 0.3 is 0 Å². The van der Waals surface area contributed by atoms with Crippen LogP contribution in [0.5, 0.6) is 0 Å². The lowest BCUT2D eigenvalue weighted by Gasteiger charge is -2.37. The Balaban J connectivity index is 1.70. The standard InChI is InChI=1S/C19H20ClFN2O/c1-13-3-4-14(2)18(11-13)22-7-9-23(10-8-22)19(24)16-6-5-15(21)12-17(16)20/h3-6,11-12H,7-10H2,1-2H3. The highest BCUT2D eigenvalue weighted by atomic mass is 35.5. The van der Waals surface area contributed by atoms with Crippen molar-refractivity contribution in [3.63, 3.8) is 0 Å². The number of hydrogen-bond acceptors (Lipinski definition) is 2. The first-order chi connectivity index (χ1) is 11.5. The van der Waals surface area contributed by atoms with Crippen molar-refractivity contribution in [2.75, 3.05) is 31.1 Å². The molecule has 0 atom stereocenters. The summed E-state index contributed by atoms with van der Waals surface area (Å²) in [6, 6.07) is 10.3. The number of carbonyl (C=O) groups excluding carboxylic acids is 1. The number of amides is 1. The van der Waals surface area contributed by atoms with Gasteiger partial charge in [-0.05, 0) is 49.2 Å². The summed E-state index contributed by atoms with van der Waals surface area (Å²) in [7, 11) is 0. The molecule has 0 bridgehead atoms. The van der Waals surface area contributed by atoms with Crippen LogP contribution in [0, 0.1) is 19.7 Å². The molecule has 0 aliphatic carbocycles. The summed E-state index contributed by atoms with van der Waals surface area (Å²) in [4.78, 5) is 16.7. The van der Waals surface area contributed by atoms with E-state index in [4.69, 9.17) is 11.6 Å². The van der Waals surface area contributed by atoms with Gasteiger partial charge in [0.1, 0.15) is 5.82 Å². The van der Waals surface area contributed by atoms with Gasteiger partial charge in [0.05, 0.1) is 10.6 Å². The maximum Gasteiger partial charge on any atom is 0.255 e. The fraction of sp³-hybridized carbons (Fsp3) is 0.316. The van der Waals surface area contributed by atoms with Crippen LogP contribution < -0.4 is 4.90 Å². The van der Waals surface area contributed by atoms with Gasteiger partial charge in [-0.2, -0.15) is 0 Å². The molecule has 1 aliphatic heterocycles. The molecule has 1 amide bonds. The van der Waals surface area contributed by atoms with Gasteiger partial charge in [0.25, 0.3) is 5.91 Å². The molecule has 0 unspecified atom stereocenters. The second kappa shape index (κ2) is 6.81. The van der Waals surface area contributed by atoms with E-state index in [1.54, 1.807) is 4.90 Å². The number of anilines is 1. The van der Waals surface area contributed by atoms with Crippen LogP contribution in [0.1, 0.15) is 21.5 Å². The minimum atomic E-state index is -0.434. The lowest BCUT2D eigenvalue weighted by molar-refractivity contribution is 0.0747. The van der Waals surface area contributed by atoms with Gasteiger partial charge in [-0.25, -0.2) is 4.39 Å². The molecule has 5 heteroatoms. The van der Waals surface area contributed by atoms with Crippen molar-refractivity contribution in [2.45, 2.75) is 13.8 Å². The molecule has 0 radical (unpaired) electrons. The second-order valence-corrected chi connectivity index (χ2v) is 6.60. The number of benzene rings is 2. The van der Waals surface area contributed by atoms with Gasteiger partial charge in [0.2, 0.25) is 0 Å². The molecule has 126 valence electrons. The van der Waals surface area contributed by atoms with Crippen LogP contribution in [0.25, 0.3) is 0 Å². The largest absolute Gasteiger partial charge is 0.368 e. The van der Waals surface area contributed by atoms with Crippen LogP contribution in [0.15, 0.2) is 36.4 Å². The average molecular weight is 347 g/mol. The normalized spacial score (nSPS) is 14.8. The zero-order valence-electron chi connectivity index (χ0n) is 13.9. The van der Waals surface area contributed by atoms with Crippen LogP contribution in [0.3, 0.4) is 0 Å². The second-order valence-electron chi connectivity index (χ2n) is 6.19. The van der Waals surface area contributed by atoms with Gasteiger partial charge in [-0.1, -0.05) is 23.7 Å². The zero-order chi connectivity index (χ0) is 17.3. The molecular weight excluding hydrogens is 327 g/mol. The van der Waals surface area contributed by atoms with Gasteiger partial charge < -0.3 is 9.80 Å². The summed E-state index contributed by atoms with van der Waals surface area (Å²) in [5.74, 6) is -0.572. The molecule has 3 nitrogen and oxygen atoms in total. The molecule has 0 N–H and O–H groups in total. The zero-order valence-corrected chi connectivity index (χ0v) is 14.6. The van der Waals surface area contributed by atoms with E-state index in [1.807, 2.05) is 0 Å². The third-order valence-electron chi connectivity index (χ3n) is 4.43.